The molecule has 6 heteroatoms. The molecule has 0 atom stereocenters. The lowest BCUT2D eigenvalue weighted by atomic mass is 10.2. The minimum atomic E-state index is -0.197. The fourth-order valence-electron chi connectivity index (χ4n) is 3.00. The molecule has 0 aliphatic rings. The van der Waals surface area contributed by atoms with Crippen LogP contribution in [0.5, 0.6) is 0 Å². The number of amides is 1. The molecule has 5 nitrogen and oxygen atoms in total. The van der Waals surface area contributed by atoms with Crippen molar-refractivity contribution < 1.29 is 4.79 Å². The van der Waals surface area contributed by atoms with Crippen LogP contribution in [0, 0.1) is 20.8 Å². The Morgan fingerprint density at radius 3 is 2.57 bits per heavy atom. The van der Waals surface area contributed by atoms with Gasteiger partial charge in [0.2, 0.25) is 0 Å². The summed E-state index contributed by atoms with van der Waals surface area (Å²) >= 11 is 3.52. The van der Waals surface area contributed by atoms with Crippen LogP contribution in [0.15, 0.2) is 64.2 Å². The third kappa shape index (κ3) is 4.89. The number of aromatic nitrogens is 1. The van der Waals surface area contributed by atoms with Crippen molar-refractivity contribution in [2.45, 2.75) is 20.8 Å². The Morgan fingerprint density at radius 1 is 1.11 bits per heavy atom. The quantitative estimate of drug-likeness (QED) is 0.431. The van der Waals surface area contributed by atoms with Gasteiger partial charge in [0.1, 0.15) is 0 Å². The van der Waals surface area contributed by atoms with Crippen LogP contribution in [0.4, 0.5) is 5.69 Å². The molecule has 0 bridgehead atoms. The minimum absolute atomic E-state index is 0.164. The summed E-state index contributed by atoms with van der Waals surface area (Å²) in [5.74, 6) is -0.197. The SMILES string of the molecule is Cc1ccc(NCC(=O)N/N=C\c2cc(C)n(-c3cccc(Br)c3)c2C)cc1. The van der Waals surface area contributed by atoms with E-state index in [2.05, 4.69) is 61.5 Å². The van der Waals surface area contributed by atoms with Gasteiger partial charge in [0, 0.05) is 32.8 Å². The monoisotopic (exact) mass is 438 g/mol. The van der Waals surface area contributed by atoms with Crippen molar-refractivity contribution in [1.29, 1.82) is 0 Å². The molecule has 144 valence electrons. The highest BCUT2D eigenvalue weighted by molar-refractivity contribution is 9.10. The summed E-state index contributed by atoms with van der Waals surface area (Å²) in [5, 5.41) is 7.18. The van der Waals surface area contributed by atoms with Gasteiger partial charge in [-0.05, 0) is 57.2 Å². The number of hydrogen-bond donors (Lipinski definition) is 2. The van der Waals surface area contributed by atoms with Gasteiger partial charge in [-0.15, -0.1) is 0 Å². The van der Waals surface area contributed by atoms with Gasteiger partial charge in [0.15, 0.2) is 0 Å². The van der Waals surface area contributed by atoms with Crippen molar-refractivity contribution in [1.82, 2.24) is 9.99 Å². The van der Waals surface area contributed by atoms with E-state index in [0.29, 0.717) is 0 Å². The zero-order chi connectivity index (χ0) is 20.1. The molecule has 0 saturated heterocycles. The van der Waals surface area contributed by atoms with Gasteiger partial charge in [0.25, 0.3) is 5.91 Å². The third-order valence-corrected chi connectivity index (χ3v) is 4.93. The highest BCUT2D eigenvalue weighted by atomic mass is 79.9. The Balaban J connectivity index is 1.62. The number of carbonyl (C=O) groups excluding carboxylic acids is 1. The van der Waals surface area contributed by atoms with Crippen molar-refractivity contribution in [2.24, 2.45) is 5.10 Å². The molecule has 28 heavy (non-hydrogen) atoms. The number of halogens is 1. The first kappa shape index (κ1) is 19.9. The Bertz CT molecular complexity index is 1010. The molecule has 2 N–H and O–H groups in total. The normalized spacial score (nSPS) is 11.0. The summed E-state index contributed by atoms with van der Waals surface area (Å²) in [7, 11) is 0. The van der Waals surface area contributed by atoms with Crippen molar-refractivity contribution in [3.05, 3.63) is 81.6 Å². The first-order valence-corrected chi connectivity index (χ1v) is 9.80. The average Bonchev–Trinajstić information content (AvgIpc) is 2.95. The lowest BCUT2D eigenvalue weighted by molar-refractivity contribution is -0.119. The number of nitrogens with zero attached hydrogens (tertiary/aromatic N) is 2. The number of rotatable bonds is 6. The molecule has 0 aliphatic carbocycles. The van der Waals surface area contributed by atoms with Crippen LogP contribution in [-0.2, 0) is 4.79 Å². The predicted molar refractivity (Wildman–Crippen MR) is 118 cm³/mol. The number of benzene rings is 2. The number of hydrazone groups is 1. The Kier molecular flexibility index (Phi) is 6.31. The molecule has 0 aliphatic heterocycles. The zero-order valence-corrected chi connectivity index (χ0v) is 17.7. The number of anilines is 1. The van der Waals surface area contributed by atoms with Gasteiger partial charge < -0.3 is 9.88 Å². The topological polar surface area (TPSA) is 58.4 Å². The van der Waals surface area contributed by atoms with Crippen LogP contribution in [0.25, 0.3) is 5.69 Å². The van der Waals surface area contributed by atoms with E-state index < -0.39 is 0 Å². The summed E-state index contributed by atoms with van der Waals surface area (Å²) in [4.78, 5) is 12.0. The van der Waals surface area contributed by atoms with E-state index in [9.17, 15) is 4.79 Å². The van der Waals surface area contributed by atoms with Gasteiger partial charge in [-0.1, -0.05) is 39.7 Å². The lowest BCUT2D eigenvalue weighted by Gasteiger charge is -2.09. The lowest BCUT2D eigenvalue weighted by Crippen LogP contribution is -2.25. The fraction of sp³-hybridized carbons (Fsp3) is 0.182. The smallest absolute Gasteiger partial charge is 0.259 e. The molecule has 0 spiro atoms. The van der Waals surface area contributed by atoms with Crippen LogP contribution in [0.2, 0.25) is 0 Å². The maximum Gasteiger partial charge on any atom is 0.259 e. The van der Waals surface area contributed by atoms with Gasteiger partial charge in [-0.25, -0.2) is 5.43 Å². The maximum absolute atomic E-state index is 12.0. The van der Waals surface area contributed by atoms with Crippen molar-refractivity contribution >= 4 is 33.7 Å². The molecule has 1 aromatic heterocycles. The second-order valence-corrected chi connectivity index (χ2v) is 7.57. The summed E-state index contributed by atoms with van der Waals surface area (Å²) in [5.41, 5.74) is 8.86. The molecule has 1 heterocycles. The molecule has 0 fully saturated rings. The van der Waals surface area contributed by atoms with Crippen LogP contribution in [0.3, 0.4) is 0 Å². The first-order valence-electron chi connectivity index (χ1n) is 9.01. The molecule has 0 unspecified atom stereocenters. The molecule has 1 amide bonds. The summed E-state index contributed by atoms with van der Waals surface area (Å²) in [6, 6.07) is 18.1. The predicted octanol–water partition coefficient (Wildman–Crippen LogP) is 4.73. The van der Waals surface area contributed by atoms with Crippen molar-refractivity contribution in [2.75, 3.05) is 11.9 Å². The Labute approximate surface area is 173 Å². The van der Waals surface area contributed by atoms with E-state index in [1.807, 2.05) is 50.2 Å². The van der Waals surface area contributed by atoms with Gasteiger partial charge in [-0.3, -0.25) is 4.79 Å². The molecule has 3 aromatic rings. The molecular weight excluding hydrogens is 416 g/mol. The van der Waals surface area contributed by atoms with Crippen LogP contribution >= 0.6 is 15.9 Å². The number of carbonyl (C=O) groups is 1. The largest absolute Gasteiger partial charge is 0.376 e. The zero-order valence-electron chi connectivity index (χ0n) is 16.2. The van der Waals surface area contributed by atoms with Gasteiger partial charge in [-0.2, -0.15) is 5.10 Å². The molecule has 0 saturated carbocycles. The number of nitrogens with one attached hydrogen (secondary N) is 2. The summed E-state index contributed by atoms with van der Waals surface area (Å²) in [6.07, 6.45) is 1.68. The minimum Gasteiger partial charge on any atom is -0.376 e. The first-order chi connectivity index (χ1) is 13.4. The highest BCUT2D eigenvalue weighted by Crippen LogP contribution is 2.22. The third-order valence-electron chi connectivity index (χ3n) is 4.43. The maximum atomic E-state index is 12.0. The Morgan fingerprint density at radius 2 is 1.86 bits per heavy atom. The molecule has 2 aromatic carbocycles. The van der Waals surface area contributed by atoms with E-state index in [1.54, 1.807) is 6.21 Å². The summed E-state index contributed by atoms with van der Waals surface area (Å²) in [6.45, 7) is 6.28. The van der Waals surface area contributed by atoms with E-state index in [1.165, 1.54) is 5.56 Å². The van der Waals surface area contributed by atoms with E-state index >= 15 is 0 Å². The molecule has 3 rings (SSSR count). The van der Waals surface area contributed by atoms with Crippen LogP contribution in [0.1, 0.15) is 22.5 Å². The second-order valence-electron chi connectivity index (χ2n) is 6.65. The molecular formula is C22H23BrN4O. The van der Waals surface area contributed by atoms with E-state index in [0.717, 1.165) is 32.8 Å². The van der Waals surface area contributed by atoms with Gasteiger partial charge >= 0.3 is 0 Å². The fourth-order valence-corrected chi connectivity index (χ4v) is 3.39. The summed E-state index contributed by atoms with van der Waals surface area (Å²) < 4.78 is 3.19. The van der Waals surface area contributed by atoms with E-state index in [4.69, 9.17) is 0 Å². The van der Waals surface area contributed by atoms with Crippen LogP contribution < -0.4 is 10.7 Å². The second kappa shape index (κ2) is 8.89. The standard InChI is InChI=1S/C22H23BrN4O/c1-15-7-9-20(10-8-15)24-14-22(28)26-25-13-18-11-16(2)27(17(18)3)21-6-4-5-19(23)12-21/h4-13,24H,14H2,1-3H3,(H,26,28)/b25-13-. The van der Waals surface area contributed by atoms with Gasteiger partial charge in [0.05, 0.1) is 12.8 Å². The Hall–Kier alpha value is -2.86. The van der Waals surface area contributed by atoms with Crippen molar-refractivity contribution in [3.63, 3.8) is 0 Å². The van der Waals surface area contributed by atoms with Crippen molar-refractivity contribution in [3.8, 4) is 5.69 Å². The average molecular weight is 439 g/mol. The van der Waals surface area contributed by atoms with Crippen LogP contribution in [-0.4, -0.2) is 23.2 Å². The number of hydrogen-bond acceptors (Lipinski definition) is 3. The highest BCUT2D eigenvalue weighted by Gasteiger charge is 2.09. The molecule has 0 radical (unpaired) electrons. The van der Waals surface area contributed by atoms with E-state index in [-0.39, 0.29) is 12.5 Å². The number of aryl methyl sites for hydroxylation is 2.